The number of hydrogen-bond donors (Lipinski definition) is 1. The van der Waals surface area contributed by atoms with Crippen LogP contribution in [0.2, 0.25) is 0 Å². The van der Waals surface area contributed by atoms with Crippen LogP contribution in [0.4, 0.5) is 4.39 Å². The van der Waals surface area contributed by atoms with Gasteiger partial charge in [0.1, 0.15) is 18.2 Å². The van der Waals surface area contributed by atoms with Crippen LogP contribution >= 0.6 is 0 Å². The molecule has 166 valence electrons. The van der Waals surface area contributed by atoms with Gasteiger partial charge >= 0.3 is 0 Å². The smallest absolute Gasteiger partial charge is 0.251 e. The molecule has 7 heteroatoms. The molecular weight excluding hydrogens is 399 g/mol. The number of nitrogens with one attached hydrogen (secondary N) is 1. The lowest BCUT2D eigenvalue weighted by atomic mass is 9.96. The summed E-state index contributed by atoms with van der Waals surface area (Å²) in [5, 5.41) is 3.11. The monoisotopic (exact) mass is 428 g/mol. The Morgan fingerprint density at radius 2 is 1.94 bits per heavy atom. The van der Waals surface area contributed by atoms with Crippen molar-refractivity contribution >= 4 is 5.91 Å². The number of ether oxygens (including phenoxy) is 3. The highest BCUT2D eigenvalue weighted by molar-refractivity contribution is 5.94. The standard InChI is InChI=1S/C24H29FN2O4/c25-21-6-4-18(5-7-21)16-31-22-3-1-2-19(14-22)24(28)26-15-23(20-8-11-30-17-20)27-9-12-29-13-10-27/h1-7,14,20,23H,8-13,15-17H2,(H,26,28). The third-order valence-electron chi connectivity index (χ3n) is 5.91. The lowest BCUT2D eigenvalue weighted by molar-refractivity contribution is 0.00166. The molecular formula is C24H29FN2O4. The van der Waals surface area contributed by atoms with Crippen LogP contribution in [-0.4, -0.2) is 62.9 Å². The lowest BCUT2D eigenvalue weighted by Crippen LogP contribution is -2.52. The molecule has 2 aromatic carbocycles. The maximum absolute atomic E-state index is 13.0. The van der Waals surface area contributed by atoms with Gasteiger partial charge in [0, 0.05) is 43.8 Å². The van der Waals surface area contributed by atoms with Gasteiger partial charge in [-0.3, -0.25) is 9.69 Å². The zero-order valence-electron chi connectivity index (χ0n) is 17.6. The van der Waals surface area contributed by atoms with Crippen molar-refractivity contribution in [3.8, 4) is 5.75 Å². The molecule has 1 amide bonds. The summed E-state index contributed by atoms with van der Waals surface area (Å²) in [6, 6.07) is 13.6. The molecule has 0 radical (unpaired) electrons. The maximum Gasteiger partial charge on any atom is 0.251 e. The summed E-state index contributed by atoms with van der Waals surface area (Å²) in [6.45, 7) is 5.63. The van der Waals surface area contributed by atoms with E-state index in [9.17, 15) is 9.18 Å². The zero-order chi connectivity index (χ0) is 21.5. The number of benzene rings is 2. The van der Waals surface area contributed by atoms with E-state index in [0.717, 1.165) is 51.5 Å². The number of carbonyl (C=O) groups is 1. The number of hydrogen-bond acceptors (Lipinski definition) is 5. The summed E-state index contributed by atoms with van der Waals surface area (Å²) in [4.78, 5) is 15.2. The van der Waals surface area contributed by atoms with Crippen molar-refractivity contribution in [1.29, 1.82) is 0 Å². The van der Waals surface area contributed by atoms with Crippen LogP contribution in [0.1, 0.15) is 22.3 Å². The number of morpholine rings is 1. The minimum absolute atomic E-state index is 0.121. The van der Waals surface area contributed by atoms with Crippen LogP contribution in [0.25, 0.3) is 0 Å². The van der Waals surface area contributed by atoms with Gasteiger partial charge in [-0.05, 0) is 42.3 Å². The molecule has 0 aliphatic carbocycles. The Morgan fingerprint density at radius 3 is 2.68 bits per heavy atom. The summed E-state index contributed by atoms with van der Waals surface area (Å²) in [5.74, 6) is 0.626. The molecule has 2 aliphatic heterocycles. The van der Waals surface area contributed by atoms with E-state index in [2.05, 4.69) is 10.2 Å². The van der Waals surface area contributed by atoms with E-state index in [1.165, 1.54) is 12.1 Å². The van der Waals surface area contributed by atoms with E-state index in [-0.39, 0.29) is 17.8 Å². The molecule has 1 N–H and O–H groups in total. The Labute approximate surface area is 182 Å². The Hall–Kier alpha value is -2.48. The molecule has 4 rings (SSSR count). The molecule has 2 unspecified atom stereocenters. The number of halogens is 1. The maximum atomic E-state index is 13.0. The highest BCUT2D eigenvalue weighted by Crippen LogP contribution is 2.22. The van der Waals surface area contributed by atoms with E-state index in [1.54, 1.807) is 30.3 Å². The topological polar surface area (TPSA) is 60.0 Å². The largest absolute Gasteiger partial charge is 0.489 e. The summed E-state index contributed by atoms with van der Waals surface area (Å²) in [5.41, 5.74) is 1.42. The van der Waals surface area contributed by atoms with Crippen molar-refractivity contribution in [2.24, 2.45) is 5.92 Å². The number of amides is 1. The Morgan fingerprint density at radius 1 is 1.13 bits per heavy atom. The summed E-state index contributed by atoms with van der Waals surface area (Å²) < 4.78 is 29.9. The Balaban J connectivity index is 1.34. The third kappa shape index (κ3) is 6.03. The molecule has 0 saturated carbocycles. The number of carbonyl (C=O) groups excluding carboxylic acids is 1. The quantitative estimate of drug-likeness (QED) is 0.701. The molecule has 2 aliphatic rings. The average molecular weight is 429 g/mol. The van der Waals surface area contributed by atoms with Crippen molar-refractivity contribution in [3.05, 3.63) is 65.5 Å². The third-order valence-corrected chi connectivity index (χ3v) is 5.91. The SMILES string of the molecule is O=C(NCC(C1CCOC1)N1CCOCC1)c1cccc(OCc2ccc(F)cc2)c1. The van der Waals surface area contributed by atoms with E-state index >= 15 is 0 Å². The second-order valence-corrected chi connectivity index (χ2v) is 7.99. The first kappa shape index (κ1) is 21.7. The second-order valence-electron chi connectivity index (χ2n) is 7.99. The Bertz CT molecular complexity index is 849. The van der Waals surface area contributed by atoms with Crippen LogP contribution in [0.5, 0.6) is 5.75 Å². The summed E-state index contributed by atoms with van der Waals surface area (Å²) in [7, 11) is 0. The van der Waals surface area contributed by atoms with Gasteiger partial charge in [-0.25, -0.2) is 4.39 Å². The van der Waals surface area contributed by atoms with Gasteiger partial charge in [0.15, 0.2) is 0 Å². The van der Waals surface area contributed by atoms with Gasteiger partial charge in [-0.15, -0.1) is 0 Å². The first-order chi connectivity index (χ1) is 15.2. The highest BCUT2D eigenvalue weighted by Gasteiger charge is 2.31. The van der Waals surface area contributed by atoms with Crippen LogP contribution < -0.4 is 10.1 Å². The minimum Gasteiger partial charge on any atom is -0.489 e. The molecule has 2 aromatic rings. The van der Waals surface area contributed by atoms with E-state index < -0.39 is 0 Å². The average Bonchev–Trinajstić information content (AvgIpc) is 3.34. The molecule has 2 fully saturated rings. The van der Waals surface area contributed by atoms with Crippen molar-refractivity contribution in [1.82, 2.24) is 10.2 Å². The van der Waals surface area contributed by atoms with Crippen molar-refractivity contribution in [3.63, 3.8) is 0 Å². The van der Waals surface area contributed by atoms with Crippen LogP contribution in [0.15, 0.2) is 48.5 Å². The fourth-order valence-corrected chi connectivity index (χ4v) is 4.13. The van der Waals surface area contributed by atoms with Gasteiger partial charge in [0.2, 0.25) is 0 Å². The van der Waals surface area contributed by atoms with E-state index in [1.807, 2.05) is 6.07 Å². The first-order valence-corrected chi connectivity index (χ1v) is 10.8. The van der Waals surface area contributed by atoms with Gasteiger partial charge in [-0.1, -0.05) is 18.2 Å². The molecule has 31 heavy (non-hydrogen) atoms. The van der Waals surface area contributed by atoms with E-state index in [4.69, 9.17) is 14.2 Å². The zero-order valence-corrected chi connectivity index (χ0v) is 17.6. The van der Waals surface area contributed by atoms with Crippen molar-refractivity contribution < 1.29 is 23.4 Å². The highest BCUT2D eigenvalue weighted by atomic mass is 19.1. The fraction of sp³-hybridized carbons (Fsp3) is 0.458. The summed E-state index contributed by atoms with van der Waals surface area (Å²) >= 11 is 0. The van der Waals surface area contributed by atoms with Gasteiger partial charge in [0.25, 0.3) is 5.91 Å². The van der Waals surface area contributed by atoms with Gasteiger partial charge < -0.3 is 19.5 Å². The molecule has 6 nitrogen and oxygen atoms in total. The fourth-order valence-electron chi connectivity index (χ4n) is 4.13. The molecule has 0 spiro atoms. The lowest BCUT2D eigenvalue weighted by Gasteiger charge is -2.37. The predicted octanol–water partition coefficient (Wildman–Crippen LogP) is 2.87. The van der Waals surface area contributed by atoms with Crippen molar-refractivity contribution in [2.45, 2.75) is 19.1 Å². The van der Waals surface area contributed by atoms with Crippen LogP contribution in [0.3, 0.4) is 0 Å². The molecule has 0 bridgehead atoms. The molecule has 2 heterocycles. The number of rotatable bonds is 8. The van der Waals surface area contributed by atoms with Crippen molar-refractivity contribution in [2.75, 3.05) is 46.1 Å². The van der Waals surface area contributed by atoms with Gasteiger partial charge in [0.05, 0.1) is 19.8 Å². The summed E-state index contributed by atoms with van der Waals surface area (Å²) in [6.07, 6.45) is 1.02. The molecule has 2 saturated heterocycles. The Kier molecular flexibility index (Phi) is 7.51. The van der Waals surface area contributed by atoms with Crippen LogP contribution in [-0.2, 0) is 16.1 Å². The normalized spacial score (nSPS) is 20.4. The molecule has 2 atom stereocenters. The van der Waals surface area contributed by atoms with Gasteiger partial charge in [-0.2, -0.15) is 0 Å². The van der Waals surface area contributed by atoms with E-state index in [0.29, 0.717) is 30.4 Å². The minimum atomic E-state index is -0.276. The van der Waals surface area contributed by atoms with Crippen LogP contribution in [0, 0.1) is 11.7 Å². The first-order valence-electron chi connectivity index (χ1n) is 10.8. The number of nitrogens with zero attached hydrogens (tertiary/aromatic N) is 1. The molecule has 0 aromatic heterocycles. The predicted molar refractivity (Wildman–Crippen MR) is 115 cm³/mol. The second kappa shape index (κ2) is 10.7.